The van der Waals surface area contributed by atoms with Gasteiger partial charge in [-0.25, -0.2) is 4.98 Å². The van der Waals surface area contributed by atoms with Crippen molar-refractivity contribution in [2.75, 3.05) is 13.7 Å². The standard InChI is InChI=1S/C16H15ClN2OS/c1-20-15-7-6-12(4-2-8-18)10-13(15)11-21-16-14(17)5-3-9-19-16/h3,5-7,9-10H,8,11,18H2,1H3. The first kappa shape index (κ1) is 15.7. The molecule has 0 radical (unpaired) electrons. The number of hydrogen-bond donors (Lipinski definition) is 1. The zero-order chi connectivity index (χ0) is 15.1. The largest absolute Gasteiger partial charge is 0.496 e. The van der Waals surface area contributed by atoms with E-state index >= 15 is 0 Å². The molecule has 0 aliphatic carbocycles. The van der Waals surface area contributed by atoms with Crippen molar-refractivity contribution in [2.45, 2.75) is 10.8 Å². The number of nitrogens with two attached hydrogens (primary N) is 1. The highest BCUT2D eigenvalue weighted by molar-refractivity contribution is 7.98. The summed E-state index contributed by atoms with van der Waals surface area (Å²) < 4.78 is 5.38. The van der Waals surface area contributed by atoms with Crippen LogP contribution in [-0.2, 0) is 5.75 Å². The lowest BCUT2D eigenvalue weighted by atomic mass is 10.1. The summed E-state index contributed by atoms with van der Waals surface area (Å²) in [6.45, 7) is 0.347. The Morgan fingerprint density at radius 2 is 2.24 bits per heavy atom. The van der Waals surface area contributed by atoms with E-state index in [-0.39, 0.29) is 0 Å². The van der Waals surface area contributed by atoms with Crippen molar-refractivity contribution in [1.82, 2.24) is 4.98 Å². The van der Waals surface area contributed by atoms with Gasteiger partial charge in [-0.2, -0.15) is 0 Å². The highest BCUT2D eigenvalue weighted by Gasteiger charge is 2.07. The molecule has 1 aromatic carbocycles. The maximum absolute atomic E-state index is 6.11. The van der Waals surface area contributed by atoms with E-state index in [0.717, 1.165) is 21.9 Å². The quantitative estimate of drug-likeness (QED) is 0.694. The van der Waals surface area contributed by atoms with E-state index < -0.39 is 0 Å². The fourth-order valence-electron chi connectivity index (χ4n) is 1.75. The molecule has 0 fully saturated rings. The lowest BCUT2D eigenvalue weighted by Crippen LogP contribution is -1.94. The first-order valence-electron chi connectivity index (χ1n) is 6.33. The predicted molar refractivity (Wildman–Crippen MR) is 87.7 cm³/mol. The lowest BCUT2D eigenvalue weighted by molar-refractivity contribution is 0.411. The van der Waals surface area contributed by atoms with E-state index in [4.69, 9.17) is 22.1 Å². The fraction of sp³-hybridized carbons (Fsp3) is 0.188. The number of pyridine rings is 1. The minimum atomic E-state index is 0.347. The first-order chi connectivity index (χ1) is 10.2. The molecule has 3 nitrogen and oxygen atoms in total. The number of ether oxygens (including phenoxy) is 1. The summed E-state index contributed by atoms with van der Waals surface area (Å²) in [5, 5.41) is 1.46. The molecular weight excluding hydrogens is 304 g/mol. The summed E-state index contributed by atoms with van der Waals surface area (Å²) >= 11 is 7.68. The normalized spacial score (nSPS) is 9.86. The second-order valence-electron chi connectivity index (χ2n) is 4.11. The van der Waals surface area contributed by atoms with Crippen LogP contribution in [0.4, 0.5) is 0 Å². The van der Waals surface area contributed by atoms with Gasteiger partial charge in [0.15, 0.2) is 0 Å². The minimum absolute atomic E-state index is 0.347. The molecule has 0 atom stereocenters. The third kappa shape index (κ3) is 4.40. The van der Waals surface area contributed by atoms with E-state index in [1.54, 1.807) is 25.1 Å². The van der Waals surface area contributed by atoms with E-state index in [2.05, 4.69) is 16.8 Å². The van der Waals surface area contributed by atoms with Crippen molar-refractivity contribution >= 4 is 23.4 Å². The number of nitrogens with zero attached hydrogens (tertiary/aromatic N) is 1. The van der Waals surface area contributed by atoms with Crippen LogP contribution in [0.3, 0.4) is 0 Å². The van der Waals surface area contributed by atoms with Crippen LogP contribution < -0.4 is 10.5 Å². The van der Waals surface area contributed by atoms with Crippen LogP contribution in [0.1, 0.15) is 11.1 Å². The van der Waals surface area contributed by atoms with Crippen LogP contribution in [0.15, 0.2) is 41.6 Å². The van der Waals surface area contributed by atoms with E-state index in [0.29, 0.717) is 17.3 Å². The van der Waals surface area contributed by atoms with Gasteiger partial charge in [0.25, 0.3) is 0 Å². The number of halogens is 1. The van der Waals surface area contributed by atoms with Gasteiger partial charge >= 0.3 is 0 Å². The van der Waals surface area contributed by atoms with E-state index in [1.807, 2.05) is 30.3 Å². The van der Waals surface area contributed by atoms with Crippen LogP contribution in [0.5, 0.6) is 5.75 Å². The van der Waals surface area contributed by atoms with E-state index in [1.165, 1.54) is 0 Å². The third-order valence-corrected chi connectivity index (χ3v) is 4.18. The number of aromatic nitrogens is 1. The fourth-order valence-corrected chi connectivity index (χ4v) is 2.89. The first-order valence-corrected chi connectivity index (χ1v) is 7.70. The van der Waals surface area contributed by atoms with E-state index in [9.17, 15) is 0 Å². The number of rotatable bonds is 4. The van der Waals surface area contributed by atoms with Crippen molar-refractivity contribution in [1.29, 1.82) is 0 Å². The van der Waals surface area contributed by atoms with Gasteiger partial charge in [-0.3, -0.25) is 0 Å². The van der Waals surface area contributed by atoms with Crippen molar-refractivity contribution in [2.24, 2.45) is 5.73 Å². The Morgan fingerprint density at radius 1 is 1.38 bits per heavy atom. The molecule has 0 unspecified atom stereocenters. The Kier molecular flexibility index (Phi) is 5.94. The molecule has 2 N–H and O–H groups in total. The Bertz CT molecular complexity index is 679. The van der Waals surface area contributed by atoms with Gasteiger partial charge in [-0.05, 0) is 30.3 Å². The van der Waals surface area contributed by atoms with Gasteiger partial charge in [-0.1, -0.05) is 23.4 Å². The monoisotopic (exact) mass is 318 g/mol. The molecular formula is C16H15ClN2OS. The van der Waals surface area contributed by atoms with Crippen LogP contribution in [-0.4, -0.2) is 18.6 Å². The molecule has 0 amide bonds. The average Bonchev–Trinajstić information content (AvgIpc) is 2.52. The zero-order valence-corrected chi connectivity index (χ0v) is 13.2. The number of hydrogen-bond acceptors (Lipinski definition) is 4. The average molecular weight is 319 g/mol. The van der Waals surface area contributed by atoms with Crippen molar-refractivity contribution < 1.29 is 4.74 Å². The molecule has 0 saturated heterocycles. The Labute approximate surface area is 133 Å². The van der Waals surface area contributed by atoms with Gasteiger partial charge in [0, 0.05) is 23.1 Å². The van der Waals surface area contributed by atoms with Gasteiger partial charge in [0.05, 0.1) is 18.7 Å². The van der Waals surface area contributed by atoms with Crippen LogP contribution in [0, 0.1) is 11.8 Å². The molecule has 21 heavy (non-hydrogen) atoms. The smallest absolute Gasteiger partial charge is 0.122 e. The van der Waals surface area contributed by atoms with Crippen molar-refractivity contribution in [3.63, 3.8) is 0 Å². The molecule has 5 heteroatoms. The molecule has 1 aromatic heterocycles. The highest BCUT2D eigenvalue weighted by atomic mass is 35.5. The van der Waals surface area contributed by atoms with Crippen molar-refractivity contribution in [3.05, 3.63) is 52.7 Å². The van der Waals surface area contributed by atoms with Crippen LogP contribution in [0.2, 0.25) is 5.02 Å². The number of benzene rings is 1. The van der Waals surface area contributed by atoms with Crippen LogP contribution in [0.25, 0.3) is 0 Å². The molecule has 0 saturated carbocycles. The van der Waals surface area contributed by atoms with Gasteiger partial charge in [0.2, 0.25) is 0 Å². The summed E-state index contributed by atoms with van der Waals surface area (Å²) in [6, 6.07) is 9.48. The molecule has 108 valence electrons. The number of thioether (sulfide) groups is 1. The Balaban J connectivity index is 2.19. The molecule has 0 spiro atoms. The Hall–Kier alpha value is -1.67. The molecule has 0 bridgehead atoms. The zero-order valence-electron chi connectivity index (χ0n) is 11.6. The van der Waals surface area contributed by atoms with Gasteiger partial charge < -0.3 is 10.5 Å². The number of methoxy groups -OCH3 is 1. The summed E-state index contributed by atoms with van der Waals surface area (Å²) in [4.78, 5) is 4.27. The third-order valence-electron chi connectivity index (χ3n) is 2.70. The van der Waals surface area contributed by atoms with Gasteiger partial charge in [-0.15, -0.1) is 11.8 Å². The maximum atomic E-state index is 6.11. The molecule has 2 rings (SSSR count). The summed E-state index contributed by atoms with van der Waals surface area (Å²) in [6.07, 6.45) is 1.73. The molecule has 1 heterocycles. The van der Waals surface area contributed by atoms with Crippen LogP contribution >= 0.6 is 23.4 Å². The summed E-state index contributed by atoms with van der Waals surface area (Å²) in [5.74, 6) is 7.41. The SMILES string of the molecule is COc1ccc(C#CCN)cc1CSc1ncccc1Cl. The molecule has 0 aliphatic heterocycles. The lowest BCUT2D eigenvalue weighted by Gasteiger charge is -2.09. The van der Waals surface area contributed by atoms with Crippen molar-refractivity contribution in [3.8, 4) is 17.6 Å². The molecule has 2 aromatic rings. The highest BCUT2D eigenvalue weighted by Crippen LogP contribution is 2.31. The Morgan fingerprint density at radius 3 is 2.95 bits per heavy atom. The second-order valence-corrected chi connectivity index (χ2v) is 5.48. The van der Waals surface area contributed by atoms with Gasteiger partial charge in [0.1, 0.15) is 10.8 Å². The molecule has 0 aliphatic rings. The predicted octanol–water partition coefficient (Wildman–Crippen LogP) is 3.35. The summed E-state index contributed by atoms with van der Waals surface area (Å²) in [7, 11) is 1.66. The summed E-state index contributed by atoms with van der Waals surface area (Å²) in [5.41, 5.74) is 7.37. The second kappa shape index (κ2) is 7.94. The minimum Gasteiger partial charge on any atom is -0.496 e. The topological polar surface area (TPSA) is 48.1 Å². The maximum Gasteiger partial charge on any atom is 0.122 e.